The van der Waals surface area contributed by atoms with Gasteiger partial charge in [0.2, 0.25) is 0 Å². The average molecular weight is 282 g/mol. The molecule has 0 spiro atoms. The summed E-state index contributed by atoms with van der Waals surface area (Å²) in [6, 6.07) is 4.22. The van der Waals surface area contributed by atoms with E-state index in [1.165, 1.54) is 12.1 Å². The second-order valence-electron chi connectivity index (χ2n) is 4.92. The number of nitrogens with one attached hydrogen (secondary N) is 1. The highest BCUT2D eigenvalue weighted by Crippen LogP contribution is 2.30. The van der Waals surface area contributed by atoms with Crippen LogP contribution in [-0.2, 0) is 6.54 Å². The van der Waals surface area contributed by atoms with Gasteiger partial charge in [0, 0.05) is 12.1 Å². The molecule has 0 atom stereocenters. The van der Waals surface area contributed by atoms with Gasteiger partial charge >= 0.3 is 6.36 Å². The van der Waals surface area contributed by atoms with Gasteiger partial charge in [-0.3, -0.25) is 0 Å². The molecule has 0 bridgehead atoms. The number of hydrogen-bond donors (Lipinski definition) is 1. The Morgan fingerprint density at radius 3 is 2.28 bits per heavy atom. The number of halogens is 4. The van der Waals surface area contributed by atoms with E-state index in [9.17, 15) is 13.2 Å². The lowest BCUT2D eigenvalue weighted by Crippen LogP contribution is -2.35. The van der Waals surface area contributed by atoms with Gasteiger partial charge in [-0.15, -0.1) is 13.2 Å². The van der Waals surface area contributed by atoms with Crippen LogP contribution in [0.3, 0.4) is 0 Å². The minimum Gasteiger partial charge on any atom is -0.404 e. The van der Waals surface area contributed by atoms with Crippen molar-refractivity contribution in [2.45, 2.75) is 39.2 Å². The van der Waals surface area contributed by atoms with E-state index in [2.05, 4.69) is 10.1 Å². The summed E-state index contributed by atoms with van der Waals surface area (Å²) < 4.78 is 39.9. The number of ether oxygens (including phenoxy) is 1. The molecule has 6 heteroatoms. The van der Waals surface area contributed by atoms with E-state index in [1.54, 1.807) is 6.07 Å². The Balaban J connectivity index is 2.74. The SMILES string of the molecule is CC(C)(C)NCc1ccc(OC(F)(F)F)c(Cl)c1. The molecule has 0 amide bonds. The van der Waals surface area contributed by atoms with Crippen LogP contribution in [0.1, 0.15) is 26.3 Å². The monoisotopic (exact) mass is 281 g/mol. The van der Waals surface area contributed by atoms with Crippen LogP contribution in [0.4, 0.5) is 13.2 Å². The summed E-state index contributed by atoms with van der Waals surface area (Å²) >= 11 is 5.73. The van der Waals surface area contributed by atoms with Crippen LogP contribution in [0.25, 0.3) is 0 Å². The van der Waals surface area contributed by atoms with Crippen molar-refractivity contribution in [3.63, 3.8) is 0 Å². The molecule has 0 unspecified atom stereocenters. The van der Waals surface area contributed by atoms with Crippen LogP contribution in [0.15, 0.2) is 18.2 Å². The lowest BCUT2D eigenvalue weighted by Gasteiger charge is -2.20. The van der Waals surface area contributed by atoms with Crippen LogP contribution in [-0.4, -0.2) is 11.9 Å². The molecular weight excluding hydrogens is 267 g/mol. The first-order chi connectivity index (χ1) is 8.07. The van der Waals surface area contributed by atoms with Crippen LogP contribution in [0.5, 0.6) is 5.75 Å². The van der Waals surface area contributed by atoms with E-state index >= 15 is 0 Å². The normalized spacial score (nSPS) is 12.6. The largest absolute Gasteiger partial charge is 0.573 e. The number of alkyl halides is 3. The van der Waals surface area contributed by atoms with Gasteiger partial charge in [-0.1, -0.05) is 17.7 Å². The predicted octanol–water partition coefficient (Wildman–Crippen LogP) is 4.13. The van der Waals surface area contributed by atoms with E-state index in [1.807, 2.05) is 20.8 Å². The standard InChI is InChI=1S/C12H15ClF3NO/c1-11(2,3)17-7-8-4-5-10(9(13)6-8)18-12(14,15)16/h4-6,17H,7H2,1-3H3. The summed E-state index contributed by atoms with van der Waals surface area (Å²) in [5, 5.41) is 3.16. The molecule has 0 aromatic heterocycles. The Morgan fingerprint density at radius 2 is 1.83 bits per heavy atom. The molecular formula is C12H15ClF3NO. The Bertz CT molecular complexity index is 413. The third-order valence-electron chi connectivity index (χ3n) is 2.04. The maximum Gasteiger partial charge on any atom is 0.573 e. The van der Waals surface area contributed by atoms with Crippen molar-refractivity contribution < 1.29 is 17.9 Å². The molecule has 0 saturated heterocycles. The highest BCUT2D eigenvalue weighted by Gasteiger charge is 2.32. The van der Waals surface area contributed by atoms with Crippen LogP contribution < -0.4 is 10.1 Å². The Hall–Kier alpha value is -0.940. The quantitative estimate of drug-likeness (QED) is 0.899. The van der Waals surface area contributed by atoms with Crippen LogP contribution in [0.2, 0.25) is 5.02 Å². The molecule has 102 valence electrons. The Kier molecular flexibility index (Phi) is 4.50. The number of benzene rings is 1. The molecule has 0 heterocycles. The first kappa shape index (κ1) is 15.1. The van der Waals surface area contributed by atoms with Crippen molar-refractivity contribution in [1.82, 2.24) is 5.32 Å². The number of rotatable bonds is 3. The molecule has 0 aliphatic heterocycles. The van der Waals surface area contributed by atoms with E-state index in [0.29, 0.717) is 6.54 Å². The first-order valence-electron chi connectivity index (χ1n) is 5.36. The lowest BCUT2D eigenvalue weighted by molar-refractivity contribution is -0.274. The van der Waals surface area contributed by atoms with Crippen molar-refractivity contribution in [2.75, 3.05) is 0 Å². The molecule has 0 aliphatic carbocycles. The van der Waals surface area contributed by atoms with Gasteiger partial charge in [0.25, 0.3) is 0 Å². The summed E-state index contributed by atoms with van der Waals surface area (Å²) in [6.07, 6.45) is -4.73. The van der Waals surface area contributed by atoms with Gasteiger partial charge in [-0.05, 0) is 38.5 Å². The van der Waals surface area contributed by atoms with E-state index in [0.717, 1.165) is 5.56 Å². The van der Waals surface area contributed by atoms with E-state index in [4.69, 9.17) is 11.6 Å². The minimum absolute atomic E-state index is 0.0551. The van der Waals surface area contributed by atoms with Gasteiger partial charge in [-0.2, -0.15) is 0 Å². The van der Waals surface area contributed by atoms with Crippen molar-refractivity contribution in [3.05, 3.63) is 28.8 Å². The van der Waals surface area contributed by atoms with Crippen LogP contribution in [0, 0.1) is 0 Å². The summed E-state index contributed by atoms with van der Waals surface area (Å²) in [5.74, 6) is -0.385. The first-order valence-corrected chi connectivity index (χ1v) is 5.74. The van der Waals surface area contributed by atoms with Crippen molar-refractivity contribution >= 4 is 11.6 Å². The maximum absolute atomic E-state index is 12.0. The van der Waals surface area contributed by atoms with Crippen molar-refractivity contribution in [3.8, 4) is 5.75 Å². The summed E-state index contributed by atoms with van der Waals surface area (Å²) in [6.45, 7) is 6.51. The molecule has 0 aliphatic rings. The fourth-order valence-electron chi connectivity index (χ4n) is 1.23. The minimum atomic E-state index is -4.73. The topological polar surface area (TPSA) is 21.3 Å². The third-order valence-corrected chi connectivity index (χ3v) is 2.34. The van der Waals surface area contributed by atoms with Crippen molar-refractivity contribution in [1.29, 1.82) is 0 Å². The fraction of sp³-hybridized carbons (Fsp3) is 0.500. The Labute approximate surface area is 109 Å². The van der Waals surface area contributed by atoms with Gasteiger partial charge in [0.15, 0.2) is 0 Å². The van der Waals surface area contributed by atoms with E-state index in [-0.39, 0.29) is 16.3 Å². The average Bonchev–Trinajstić information content (AvgIpc) is 2.15. The molecule has 0 fully saturated rings. The fourth-order valence-corrected chi connectivity index (χ4v) is 1.47. The zero-order chi connectivity index (χ0) is 14.0. The van der Waals surface area contributed by atoms with Crippen LogP contribution >= 0.6 is 11.6 Å². The van der Waals surface area contributed by atoms with Gasteiger partial charge in [0.1, 0.15) is 5.75 Å². The molecule has 1 aromatic rings. The molecule has 0 saturated carbocycles. The highest BCUT2D eigenvalue weighted by molar-refractivity contribution is 6.32. The summed E-state index contributed by atoms with van der Waals surface area (Å²) in [4.78, 5) is 0. The highest BCUT2D eigenvalue weighted by atomic mass is 35.5. The third kappa shape index (κ3) is 5.60. The molecule has 2 nitrogen and oxygen atoms in total. The molecule has 1 aromatic carbocycles. The lowest BCUT2D eigenvalue weighted by atomic mass is 10.1. The van der Waals surface area contributed by atoms with Crippen molar-refractivity contribution in [2.24, 2.45) is 0 Å². The second-order valence-corrected chi connectivity index (χ2v) is 5.32. The predicted molar refractivity (Wildman–Crippen MR) is 64.7 cm³/mol. The maximum atomic E-state index is 12.0. The summed E-state index contributed by atoms with van der Waals surface area (Å²) in [7, 11) is 0. The van der Waals surface area contributed by atoms with Gasteiger partial charge in [0.05, 0.1) is 5.02 Å². The van der Waals surface area contributed by atoms with Gasteiger partial charge < -0.3 is 10.1 Å². The molecule has 1 N–H and O–H groups in total. The summed E-state index contributed by atoms with van der Waals surface area (Å²) in [5.41, 5.74) is 0.720. The molecule has 0 radical (unpaired) electrons. The molecule has 18 heavy (non-hydrogen) atoms. The number of hydrogen-bond acceptors (Lipinski definition) is 2. The Morgan fingerprint density at radius 1 is 1.22 bits per heavy atom. The van der Waals surface area contributed by atoms with E-state index < -0.39 is 6.36 Å². The zero-order valence-corrected chi connectivity index (χ0v) is 11.1. The zero-order valence-electron chi connectivity index (χ0n) is 10.4. The molecule has 1 rings (SSSR count). The second kappa shape index (κ2) is 5.36. The van der Waals surface area contributed by atoms with Gasteiger partial charge in [-0.25, -0.2) is 0 Å². The smallest absolute Gasteiger partial charge is 0.404 e.